The summed E-state index contributed by atoms with van der Waals surface area (Å²) in [5.41, 5.74) is -2.07. The maximum absolute atomic E-state index is 10.9. The summed E-state index contributed by atoms with van der Waals surface area (Å²) in [6.45, 7) is 1.24. The van der Waals surface area contributed by atoms with Gasteiger partial charge in [0.25, 0.3) is 0 Å². The van der Waals surface area contributed by atoms with Gasteiger partial charge in [-0.2, -0.15) is 0 Å². The summed E-state index contributed by atoms with van der Waals surface area (Å²) in [7, 11) is 0. The lowest BCUT2D eigenvalue weighted by molar-refractivity contribution is -0.172. The van der Waals surface area contributed by atoms with E-state index < -0.39 is 17.7 Å². The van der Waals surface area contributed by atoms with Crippen LogP contribution in [0, 0.1) is 0 Å². The van der Waals surface area contributed by atoms with Gasteiger partial charge in [-0.05, 0) is 12.5 Å². The quantitative estimate of drug-likeness (QED) is 0.651. The molecule has 0 aliphatic rings. The predicted molar refractivity (Wildman–Crippen MR) is 49.7 cm³/mol. The van der Waals surface area contributed by atoms with Crippen molar-refractivity contribution in [2.24, 2.45) is 0 Å². The number of rotatable bonds is 3. The molecule has 1 rings (SSSR count). The smallest absolute Gasteiger partial charge is 0.343 e. The average molecular weight is 196 g/mol. The van der Waals surface area contributed by atoms with Crippen LogP contribution < -0.4 is 0 Å². The molecule has 0 fully saturated rings. The van der Waals surface area contributed by atoms with E-state index in [1.54, 1.807) is 18.2 Å². The first kappa shape index (κ1) is 10.7. The number of aliphatic hydroxyl groups excluding tert-OH is 1. The summed E-state index contributed by atoms with van der Waals surface area (Å²) < 4.78 is 0. The Balaban J connectivity index is 3.20. The van der Waals surface area contributed by atoms with Gasteiger partial charge in [-0.15, -0.1) is 0 Å². The summed E-state index contributed by atoms with van der Waals surface area (Å²) in [4.78, 5) is 10.9. The maximum Gasteiger partial charge on any atom is 0.343 e. The third-order valence-corrected chi connectivity index (χ3v) is 2.14. The second-order valence-corrected chi connectivity index (χ2v) is 3.11. The van der Waals surface area contributed by atoms with Crippen LogP contribution in [0.3, 0.4) is 0 Å². The molecule has 76 valence electrons. The van der Waals surface area contributed by atoms with Gasteiger partial charge in [0, 0.05) is 0 Å². The van der Waals surface area contributed by atoms with Gasteiger partial charge >= 0.3 is 5.97 Å². The Morgan fingerprint density at radius 1 is 1.36 bits per heavy atom. The summed E-state index contributed by atoms with van der Waals surface area (Å²) in [5, 5.41) is 27.9. The molecule has 4 heteroatoms. The molecule has 1 aromatic carbocycles. The van der Waals surface area contributed by atoms with Crippen LogP contribution in [0.4, 0.5) is 0 Å². The van der Waals surface area contributed by atoms with Gasteiger partial charge in [-0.3, -0.25) is 0 Å². The third-order valence-electron chi connectivity index (χ3n) is 2.14. The lowest BCUT2D eigenvalue weighted by Crippen LogP contribution is -2.45. The zero-order chi connectivity index (χ0) is 10.8. The van der Waals surface area contributed by atoms with Crippen molar-refractivity contribution >= 4 is 5.97 Å². The number of carboxylic acid groups (broad SMARTS) is 1. The van der Waals surface area contributed by atoms with Crippen LogP contribution in [-0.2, 0) is 10.4 Å². The molecule has 0 amide bonds. The van der Waals surface area contributed by atoms with Crippen molar-refractivity contribution in [3.63, 3.8) is 0 Å². The molecule has 0 saturated heterocycles. The molecular formula is C10H12O4. The molecule has 0 heterocycles. The van der Waals surface area contributed by atoms with Crippen molar-refractivity contribution in [3.8, 4) is 0 Å². The van der Waals surface area contributed by atoms with E-state index in [0.717, 1.165) is 0 Å². The van der Waals surface area contributed by atoms with Crippen LogP contribution in [0.15, 0.2) is 30.3 Å². The molecule has 3 N–H and O–H groups in total. The molecule has 1 aromatic rings. The largest absolute Gasteiger partial charge is 0.479 e. The molecule has 0 saturated carbocycles. The van der Waals surface area contributed by atoms with Gasteiger partial charge in [0.05, 0.1) is 6.10 Å². The third kappa shape index (κ3) is 1.62. The van der Waals surface area contributed by atoms with Crippen LogP contribution in [0.2, 0.25) is 0 Å². The predicted octanol–water partition coefficient (Wildman–Crippen LogP) is 0.340. The van der Waals surface area contributed by atoms with Crippen LogP contribution >= 0.6 is 0 Å². The standard InChI is InChI=1S/C10H12O4/c1-7(11)10(14,9(12)13)8-5-3-2-4-6-8/h2-7,11,14H,1H3,(H,12,13). The second kappa shape index (κ2) is 3.77. The first-order chi connectivity index (χ1) is 6.49. The summed E-state index contributed by atoms with van der Waals surface area (Å²) in [6, 6.07) is 7.83. The fourth-order valence-electron chi connectivity index (χ4n) is 1.24. The number of aliphatic carboxylic acids is 1. The highest BCUT2D eigenvalue weighted by Gasteiger charge is 2.42. The van der Waals surface area contributed by atoms with E-state index in [1.165, 1.54) is 19.1 Å². The van der Waals surface area contributed by atoms with E-state index in [1.807, 2.05) is 0 Å². The van der Waals surface area contributed by atoms with Crippen LogP contribution in [-0.4, -0.2) is 27.4 Å². The summed E-state index contributed by atoms with van der Waals surface area (Å²) in [6.07, 6.45) is -1.37. The van der Waals surface area contributed by atoms with E-state index in [2.05, 4.69) is 0 Å². The first-order valence-electron chi connectivity index (χ1n) is 4.19. The highest BCUT2D eigenvalue weighted by Crippen LogP contribution is 2.25. The van der Waals surface area contributed by atoms with E-state index >= 15 is 0 Å². The Morgan fingerprint density at radius 3 is 2.21 bits per heavy atom. The van der Waals surface area contributed by atoms with Crippen molar-refractivity contribution in [3.05, 3.63) is 35.9 Å². The lowest BCUT2D eigenvalue weighted by atomic mass is 9.89. The van der Waals surface area contributed by atoms with Gasteiger partial charge in [0.1, 0.15) is 0 Å². The number of carboxylic acids is 1. The molecule has 4 nitrogen and oxygen atoms in total. The normalized spacial score (nSPS) is 17.1. The molecule has 0 aliphatic carbocycles. The van der Waals surface area contributed by atoms with Gasteiger partial charge in [-0.25, -0.2) is 4.79 Å². The number of carbonyl (C=O) groups is 1. The Morgan fingerprint density at radius 2 is 1.86 bits per heavy atom. The monoisotopic (exact) mass is 196 g/mol. The molecule has 0 spiro atoms. The van der Waals surface area contributed by atoms with E-state index in [0.29, 0.717) is 0 Å². The molecule has 2 atom stereocenters. The Labute approximate surface area is 81.4 Å². The van der Waals surface area contributed by atoms with Gasteiger partial charge in [0.15, 0.2) is 0 Å². The van der Waals surface area contributed by atoms with Crippen LogP contribution in [0.1, 0.15) is 12.5 Å². The number of aliphatic hydroxyl groups is 2. The van der Waals surface area contributed by atoms with E-state index in [4.69, 9.17) is 5.11 Å². The average Bonchev–Trinajstić information content (AvgIpc) is 2.17. The van der Waals surface area contributed by atoms with Gasteiger partial charge < -0.3 is 15.3 Å². The molecule has 2 unspecified atom stereocenters. The fourth-order valence-corrected chi connectivity index (χ4v) is 1.24. The molecule has 0 bridgehead atoms. The number of hydrogen-bond acceptors (Lipinski definition) is 3. The Bertz CT molecular complexity index is 320. The van der Waals surface area contributed by atoms with E-state index in [-0.39, 0.29) is 5.56 Å². The van der Waals surface area contributed by atoms with E-state index in [9.17, 15) is 15.0 Å². The lowest BCUT2D eigenvalue weighted by Gasteiger charge is -2.26. The van der Waals surface area contributed by atoms with Crippen LogP contribution in [0.5, 0.6) is 0 Å². The molecular weight excluding hydrogens is 184 g/mol. The highest BCUT2D eigenvalue weighted by atomic mass is 16.4. The highest BCUT2D eigenvalue weighted by molar-refractivity contribution is 5.79. The minimum atomic E-state index is -2.23. The minimum absolute atomic E-state index is 0.169. The van der Waals surface area contributed by atoms with Crippen molar-refractivity contribution in [2.45, 2.75) is 18.6 Å². The van der Waals surface area contributed by atoms with Crippen molar-refractivity contribution in [1.29, 1.82) is 0 Å². The fraction of sp³-hybridized carbons (Fsp3) is 0.300. The zero-order valence-corrected chi connectivity index (χ0v) is 7.71. The molecule has 14 heavy (non-hydrogen) atoms. The molecule has 0 radical (unpaired) electrons. The Kier molecular flexibility index (Phi) is 2.88. The first-order valence-corrected chi connectivity index (χ1v) is 4.19. The molecule has 0 aliphatic heterocycles. The number of benzene rings is 1. The Hall–Kier alpha value is -1.39. The van der Waals surface area contributed by atoms with Crippen molar-refractivity contribution in [2.75, 3.05) is 0 Å². The number of hydrogen-bond donors (Lipinski definition) is 3. The van der Waals surface area contributed by atoms with Gasteiger partial charge in [0.2, 0.25) is 5.60 Å². The SMILES string of the molecule is CC(O)C(O)(C(=O)O)c1ccccc1. The van der Waals surface area contributed by atoms with Crippen LogP contribution in [0.25, 0.3) is 0 Å². The van der Waals surface area contributed by atoms with Crippen molar-refractivity contribution < 1.29 is 20.1 Å². The summed E-state index contributed by atoms with van der Waals surface area (Å²) >= 11 is 0. The molecule has 0 aromatic heterocycles. The maximum atomic E-state index is 10.9. The zero-order valence-electron chi connectivity index (χ0n) is 7.71. The topological polar surface area (TPSA) is 77.8 Å². The minimum Gasteiger partial charge on any atom is -0.479 e. The van der Waals surface area contributed by atoms with Crippen molar-refractivity contribution in [1.82, 2.24) is 0 Å². The van der Waals surface area contributed by atoms with Gasteiger partial charge in [-0.1, -0.05) is 30.3 Å². The second-order valence-electron chi connectivity index (χ2n) is 3.11. The summed E-state index contributed by atoms with van der Waals surface area (Å²) in [5.74, 6) is -1.46.